The third-order valence-corrected chi connectivity index (χ3v) is 13.8. The number of rotatable bonds is 4. The highest BCUT2D eigenvalue weighted by molar-refractivity contribution is 8.32. The zero-order valence-electron chi connectivity index (χ0n) is 32.6. The van der Waals surface area contributed by atoms with Crippen LogP contribution in [-0.4, -0.2) is 18.8 Å². The number of allylic oxidation sites excluding steroid dienone is 4. The van der Waals surface area contributed by atoms with E-state index in [9.17, 15) is 0 Å². The predicted molar refractivity (Wildman–Crippen MR) is 240 cm³/mol. The van der Waals surface area contributed by atoms with E-state index in [1.165, 1.54) is 43.8 Å². The minimum atomic E-state index is -1.07. The molecule has 278 valence electrons. The Morgan fingerprint density at radius 3 is 1.81 bits per heavy atom. The van der Waals surface area contributed by atoms with Gasteiger partial charge in [0.2, 0.25) is 0 Å². The van der Waals surface area contributed by atoms with E-state index < -0.39 is 15.4 Å². The van der Waals surface area contributed by atoms with E-state index in [-0.39, 0.29) is 0 Å². The van der Waals surface area contributed by atoms with Crippen LogP contribution >= 0.6 is 10.0 Å². The predicted octanol–water partition coefficient (Wildman–Crippen LogP) is 14.3. The maximum absolute atomic E-state index is 7.14. The largest absolute Gasteiger partial charge is 0.461 e. The quantitative estimate of drug-likeness (QED) is 0.179. The van der Waals surface area contributed by atoms with Gasteiger partial charge in [0.1, 0.15) is 17.1 Å². The normalized spacial score (nSPS) is 16.9. The number of anilines is 3. The molecule has 0 amide bonds. The van der Waals surface area contributed by atoms with E-state index in [1.807, 2.05) is 0 Å². The highest BCUT2D eigenvalue weighted by atomic mass is 32.3. The van der Waals surface area contributed by atoms with Crippen LogP contribution in [0.4, 0.5) is 17.1 Å². The van der Waals surface area contributed by atoms with Gasteiger partial charge in [-0.3, -0.25) is 0 Å². The number of para-hydroxylation sites is 3. The maximum Gasteiger partial charge on any atom is 0.159 e. The first-order valence-electron chi connectivity index (χ1n) is 19.8. The molecule has 0 bridgehead atoms. The Kier molecular flexibility index (Phi) is 7.55. The summed E-state index contributed by atoms with van der Waals surface area (Å²) in [5.74, 6) is 2.32. The Hall–Kier alpha value is -6.23. The van der Waals surface area contributed by atoms with Gasteiger partial charge in [-0.1, -0.05) is 134 Å². The van der Waals surface area contributed by atoms with Gasteiger partial charge in [0.05, 0.1) is 22.5 Å². The molecule has 0 radical (unpaired) electrons. The van der Waals surface area contributed by atoms with E-state index in [1.54, 1.807) is 0 Å². The van der Waals surface area contributed by atoms with Crippen molar-refractivity contribution in [2.24, 2.45) is 5.92 Å². The summed E-state index contributed by atoms with van der Waals surface area (Å²) in [4.78, 5) is 3.76. The van der Waals surface area contributed by atoms with Gasteiger partial charge < -0.3 is 14.1 Å². The van der Waals surface area contributed by atoms with Crippen molar-refractivity contribution in [3.63, 3.8) is 0 Å². The number of ether oxygens (including phenoxy) is 1. The third-order valence-electron chi connectivity index (χ3n) is 12.2. The van der Waals surface area contributed by atoms with Gasteiger partial charge >= 0.3 is 0 Å². The molecule has 1 aliphatic carbocycles. The van der Waals surface area contributed by atoms with Crippen LogP contribution in [0.25, 0.3) is 44.2 Å². The highest BCUT2D eigenvalue weighted by Gasteiger charge is 2.52. The number of fused-ring (bicyclic) bond motifs is 10. The summed E-state index contributed by atoms with van der Waals surface area (Å²) in [7, 11) is -1.07. The van der Waals surface area contributed by atoms with Crippen molar-refractivity contribution in [2.45, 2.75) is 23.7 Å². The molecule has 0 fully saturated rings. The standard InChI is InChI=1S/C53H43NO2S/c1-34-25-28-42-49(31-34)55-48-23-12-11-21-41(48)53(42)43-32-37(35-15-7-5-8-16-35)26-29-45(43)54(46-30-27-38(33-44(46)53)36-17-9-6-10-18-36)47-22-13-19-39-40-20-14-24-50(57(2,3)4)52(40)56-51(39)47/h5-30,32-34H,31H2,1-4H3. The van der Waals surface area contributed by atoms with Gasteiger partial charge in [-0.2, -0.15) is 0 Å². The molecule has 0 saturated carbocycles. The molecule has 11 rings (SSSR count). The van der Waals surface area contributed by atoms with Gasteiger partial charge in [0.15, 0.2) is 5.58 Å². The van der Waals surface area contributed by atoms with Crippen LogP contribution in [0.1, 0.15) is 30.0 Å². The number of furan rings is 1. The summed E-state index contributed by atoms with van der Waals surface area (Å²) >= 11 is 0. The molecule has 3 aliphatic rings. The molecular formula is C53H43NO2S. The smallest absolute Gasteiger partial charge is 0.159 e. The minimum Gasteiger partial charge on any atom is -0.461 e. The van der Waals surface area contributed by atoms with Gasteiger partial charge in [-0.05, 0) is 101 Å². The second-order valence-electron chi connectivity index (χ2n) is 16.5. The Morgan fingerprint density at radius 2 is 1.16 bits per heavy atom. The molecule has 3 nitrogen and oxygen atoms in total. The Bertz CT molecular complexity index is 2880. The molecule has 0 saturated heterocycles. The topological polar surface area (TPSA) is 25.6 Å². The lowest BCUT2D eigenvalue weighted by atomic mass is 9.59. The number of hydrogen-bond donors (Lipinski definition) is 0. The lowest BCUT2D eigenvalue weighted by Gasteiger charge is -2.50. The minimum absolute atomic E-state index is 0.363. The summed E-state index contributed by atoms with van der Waals surface area (Å²) in [6.45, 7) is 2.28. The number of hydrogen-bond acceptors (Lipinski definition) is 3. The SMILES string of the molecule is CC1C=CC2=C(C1)Oc1ccccc1C21c2cc(-c3ccccc3)ccc2N(c2cccc3c2oc2c(S(C)(C)C)cccc23)c2ccc(-c3ccccc3)cc21. The molecule has 57 heavy (non-hydrogen) atoms. The van der Waals surface area contributed by atoms with Crippen LogP contribution in [0.2, 0.25) is 0 Å². The summed E-state index contributed by atoms with van der Waals surface area (Å²) in [5.41, 5.74) is 14.0. The van der Waals surface area contributed by atoms with Crippen LogP contribution in [0.3, 0.4) is 0 Å². The van der Waals surface area contributed by atoms with Crippen molar-refractivity contribution in [3.8, 4) is 28.0 Å². The molecule has 2 aliphatic heterocycles. The lowest BCUT2D eigenvalue weighted by Crippen LogP contribution is -2.42. The fraction of sp³-hybridized carbons (Fsp3) is 0.132. The summed E-state index contributed by atoms with van der Waals surface area (Å²) in [6, 6.07) is 57.7. The molecule has 1 spiro atoms. The number of nitrogens with zero attached hydrogens (tertiary/aromatic N) is 1. The molecule has 3 heterocycles. The summed E-state index contributed by atoms with van der Waals surface area (Å²) in [6.07, 6.45) is 12.6. The molecule has 8 aromatic rings. The molecule has 0 N–H and O–H groups in total. The molecule has 1 aromatic heterocycles. The molecular weight excluding hydrogens is 715 g/mol. The van der Waals surface area contributed by atoms with E-state index in [4.69, 9.17) is 9.15 Å². The van der Waals surface area contributed by atoms with Gasteiger partial charge in [0.25, 0.3) is 0 Å². The maximum atomic E-state index is 7.14. The van der Waals surface area contributed by atoms with Gasteiger partial charge in [0, 0.05) is 33.2 Å². The first kappa shape index (κ1) is 34.1. The Labute approximate surface area is 335 Å². The fourth-order valence-electron chi connectivity index (χ4n) is 9.63. The van der Waals surface area contributed by atoms with E-state index in [0.717, 1.165) is 62.5 Å². The van der Waals surface area contributed by atoms with Crippen molar-refractivity contribution >= 4 is 49.0 Å². The van der Waals surface area contributed by atoms with Gasteiger partial charge in [-0.15, -0.1) is 0 Å². The average molecular weight is 758 g/mol. The van der Waals surface area contributed by atoms with Crippen LogP contribution < -0.4 is 9.64 Å². The average Bonchev–Trinajstić information content (AvgIpc) is 3.63. The van der Waals surface area contributed by atoms with Crippen molar-refractivity contribution in [2.75, 3.05) is 23.7 Å². The van der Waals surface area contributed by atoms with E-state index in [2.05, 4.69) is 200 Å². The van der Waals surface area contributed by atoms with Crippen LogP contribution in [0, 0.1) is 5.92 Å². The molecule has 7 aromatic carbocycles. The molecule has 4 heteroatoms. The number of benzene rings is 7. The van der Waals surface area contributed by atoms with E-state index >= 15 is 0 Å². The van der Waals surface area contributed by atoms with E-state index in [0.29, 0.717) is 5.92 Å². The molecule has 1 atom stereocenters. The zero-order chi connectivity index (χ0) is 38.5. The van der Waals surface area contributed by atoms with Crippen LogP contribution in [0.15, 0.2) is 191 Å². The second-order valence-corrected chi connectivity index (χ2v) is 20.6. The van der Waals surface area contributed by atoms with Crippen molar-refractivity contribution in [1.82, 2.24) is 0 Å². The summed E-state index contributed by atoms with van der Waals surface area (Å²) < 4.78 is 14.1. The first-order chi connectivity index (χ1) is 27.8. The first-order valence-corrected chi connectivity index (χ1v) is 22.7. The molecule has 1 unspecified atom stereocenters. The summed E-state index contributed by atoms with van der Waals surface area (Å²) in [5, 5.41) is 2.29. The van der Waals surface area contributed by atoms with Crippen molar-refractivity contribution in [1.29, 1.82) is 0 Å². The second kappa shape index (κ2) is 12.6. The third kappa shape index (κ3) is 5.06. The Balaban J connectivity index is 1.29. The Morgan fingerprint density at radius 1 is 0.561 bits per heavy atom. The van der Waals surface area contributed by atoms with Crippen LogP contribution in [-0.2, 0) is 5.41 Å². The van der Waals surface area contributed by atoms with Crippen LogP contribution in [0.5, 0.6) is 5.75 Å². The highest BCUT2D eigenvalue weighted by Crippen LogP contribution is 2.64. The monoisotopic (exact) mass is 757 g/mol. The zero-order valence-corrected chi connectivity index (χ0v) is 33.4. The van der Waals surface area contributed by atoms with Crippen molar-refractivity contribution in [3.05, 3.63) is 198 Å². The fourth-order valence-corrected chi connectivity index (χ4v) is 10.8. The van der Waals surface area contributed by atoms with Gasteiger partial charge in [-0.25, -0.2) is 10.0 Å². The van der Waals surface area contributed by atoms with Crippen molar-refractivity contribution < 1.29 is 9.15 Å². The lowest BCUT2D eigenvalue weighted by molar-refractivity contribution is 0.347.